The molecule has 0 aliphatic rings. The number of thiophene rings is 1. The predicted molar refractivity (Wildman–Crippen MR) is 74.1 cm³/mol. The third kappa shape index (κ3) is 2.09. The van der Waals surface area contributed by atoms with Crippen molar-refractivity contribution in [2.75, 3.05) is 5.32 Å². The van der Waals surface area contributed by atoms with Gasteiger partial charge >= 0.3 is 0 Å². The first-order valence-corrected chi connectivity index (χ1v) is 6.73. The average Bonchev–Trinajstić information content (AvgIpc) is 2.95. The van der Waals surface area contributed by atoms with E-state index in [-0.39, 0.29) is 6.04 Å². The van der Waals surface area contributed by atoms with Gasteiger partial charge in [0.05, 0.1) is 6.04 Å². The van der Waals surface area contributed by atoms with Gasteiger partial charge in [0, 0.05) is 11.1 Å². The second kappa shape index (κ2) is 4.42. The zero-order valence-corrected chi connectivity index (χ0v) is 11.1. The quantitative estimate of drug-likeness (QED) is 0.784. The van der Waals surface area contributed by atoms with Crippen LogP contribution in [0.5, 0.6) is 0 Å². The van der Waals surface area contributed by atoms with Crippen molar-refractivity contribution in [1.82, 2.24) is 14.6 Å². The first-order valence-electron chi connectivity index (χ1n) is 5.85. The van der Waals surface area contributed by atoms with Gasteiger partial charge in [0.1, 0.15) is 0 Å². The van der Waals surface area contributed by atoms with Crippen LogP contribution in [0.4, 0.5) is 5.95 Å². The molecule has 0 aliphatic heterocycles. The summed E-state index contributed by atoms with van der Waals surface area (Å²) in [5, 5.41) is 9.82. The van der Waals surface area contributed by atoms with E-state index >= 15 is 0 Å². The number of pyridine rings is 1. The summed E-state index contributed by atoms with van der Waals surface area (Å²) >= 11 is 1.73. The third-order valence-electron chi connectivity index (χ3n) is 2.79. The summed E-state index contributed by atoms with van der Waals surface area (Å²) in [4.78, 5) is 5.73. The highest BCUT2D eigenvalue weighted by Gasteiger charge is 2.09. The number of aromatic nitrogens is 3. The molecule has 0 bridgehead atoms. The van der Waals surface area contributed by atoms with Crippen molar-refractivity contribution in [2.24, 2.45) is 0 Å². The topological polar surface area (TPSA) is 42.2 Å². The lowest BCUT2D eigenvalue weighted by atomic mass is 10.3. The number of aryl methyl sites for hydroxylation is 1. The lowest BCUT2D eigenvalue weighted by molar-refractivity contribution is 0.868. The van der Waals surface area contributed by atoms with E-state index in [1.54, 1.807) is 15.9 Å². The van der Waals surface area contributed by atoms with Crippen LogP contribution in [-0.2, 0) is 0 Å². The van der Waals surface area contributed by atoms with Crippen molar-refractivity contribution >= 4 is 22.9 Å². The molecule has 1 N–H and O–H groups in total. The number of nitrogens with one attached hydrogen (secondary N) is 1. The molecule has 1 atom stereocenters. The van der Waals surface area contributed by atoms with Gasteiger partial charge in [0.15, 0.2) is 5.65 Å². The molecule has 0 aromatic carbocycles. The number of nitrogens with zero attached hydrogens (tertiary/aromatic N) is 3. The van der Waals surface area contributed by atoms with Gasteiger partial charge in [0.25, 0.3) is 0 Å². The van der Waals surface area contributed by atoms with Crippen molar-refractivity contribution < 1.29 is 0 Å². The third-order valence-corrected chi connectivity index (χ3v) is 3.85. The highest BCUT2D eigenvalue weighted by Crippen LogP contribution is 2.21. The average molecular weight is 258 g/mol. The zero-order valence-electron chi connectivity index (χ0n) is 10.3. The highest BCUT2D eigenvalue weighted by atomic mass is 32.1. The number of anilines is 1. The Labute approximate surface area is 109 Å². The Morgan fingerprint density at radius 2 is 2.22 bits per heavy atom. The van der Waals surface area contributed by atoms with Crippen molar-refractivity contribution in [3.63, 3.8) is 0 Å². The first-order chi connectivity index (χ1) is 8.72. The lowest BCUT2D eigenvalue weighted by Crippen LogP contribution is -2.06. The molecule has 0 saturated carbocycles. The van der Waals surface area contributed by atoms with E-state index in [4.69, 9.17) is 0 Å². The Hall–Kier alpha value is -1.88. The predicted octanol–water partition coefficient (Wildman–Crippen LogP) is 3.27. The maximum Gasteiger partial charge on any atom is 0.243 e. The summed E-state index contributed by atoms with van der Waals surface area (Å²) < 4.78 is 1.80. The molecule has 0 spiro atoms. The number of fused-ring (bicyclic) bond motifs is 1. The van der Waals surface area contributed by atoms with Crippen LogP contribution in [0, 0.1) is 6.92 Å². The normalized spacial score (nSPS) is 12.8. The molecule has 0 fully saturated rings. The smallest absolute Gasteiger partial charge is 0.243 e. The molecule has 5 heteroatoms. The molecular formula is C13H14N4S. The molecule has 4 nitrogen and oxygen atoms in total. The van der Waals surface area contributed by atoms with Crippen LogP contribution in [0.25, 0.3) is 5.65 Å². The Kier molecular flexibility index (Phi) is 2.76. The van der Waals surface area contributed by atoms with Crippen LogP contribution in [0.2, 0.25) is 0 Å². The van der Waals surface area contributed by atoms with Gasteiger partial charge in [-0.3, -0.25) is 0 Å². The number of hydrogen-bond acceptors (Lipinski definition) is 4. The van der Waals surface area contributed by atoms with Crippen molar-refractivity contribution in [1.29, 1.82) is 0 Å². The lowest BCUT2D eigenvalue weighted by Gasteiger charge is -2.09. The van der Waals surface area contributed by atoms with Crippen molar-refractivity contribution in [3.05, 3.63) is 46.3 Å². The minimum Gasteiger partial charge on any atom is -0.346 e. The molecule has 0 amide bonds. The second-order valence-corrected chi connectivity index (χ2v) is 5.31. The monoisotopic (exact) mass is 258 g/mol. The van der Waals surface area contributed by atoms with Gasteiger partial charge in [-0.05, 0) is 36.9 Å². The Balaban J connectivity index is 1.86. The zero-order chi connectivity index (χ0) is 12.5. The molecule has 0 saturated heterocycles. The van der Waals surface area contributed by atoms with E-state index < -0.39 is 0 Å². The Morgan fingerprint density at radius 1 is 1.33 bits per heavy atom. The number of rotatable bonds is 3. The molecule has 3 rings (SSSR count). The highest BCUT2D eigenvalue weighted by molar-refractivity contribution is 7.10. The molecule has 18 heavy (non-hydrogen) atoms. The van der Waals surface area contributed by atoms with Crippen LogP contribution in [-0.4, -0.2) is 14.6 Å². The van der Waals surface area contributed by atoms with Gasteiger partial charge in [-0.2, -0.15) is 4.98 Å². The summed E-state index contributed by atoms with van der Waals surface area (Å²) in [7, 11) is 0. The minimum absolute atomic E-state index is 0.225. The van der Waals surface area contributed by atoms with E-state index in [1.165, 1.54) is 10.4 Å². The summed E-state index contributed by atoms with van der Waals surface area (Å²) in [5.74, 6) is 0.668. The Morgan fingerprint density at radius 3 is 3.00 bits per heavy atom. The summed E-state index contributed by atoms with van der Waals surface area (Å²) in [6, 6.07) is 8.41. The van der Waals surface area contributed by atoms with Crippen LogP contribution in [0.3, 0.4) is 0 Å². The minimum atomic E-state index is 0.225. The fourth-order valence-corrected chi connectivity index (χ4v) is 2.58. The van der Waals surface area contributed by atoms with E-state index in [2.05, 4.69) is 39.8 Å². The first kappa shape index (κ1) is 11.2. The van der Waals surface area contributed by atoms with E-state index in [9.17, 15) is 0 Å². The molecule has 3 aromatic rings. The largest absolute Gasteiger partial charge is 0.346 e. The van der Waals surface area contributed by atoms with Gasteiger partial charge in [-0.15, -0.1) is 16.4 Å². The van der Waals surface area contributed by atoms with Gasteiger partial charge in [-0.1, -0.05) is 12.1 Å². The maximum atomic E-state index is 4.45. The van der Waals surface area contributed by atoms with Crippen LogP contribution < -0.4 is 5.32 Å². The van der Waals surface area contributed by atoms with Gasteiger partial charge in [0.2, 0.25) is 5.95 Å². The molecule has 0 aliphatic carbocycles. The second-order valence-electron chi connectivity index (χ2n) is 4.33. The molecule has 92 valence electrons. The summed E-state index contributed by atoms with van der Waals surface area (Å²) in [6.07, 6.45) is 1.98. The summed E-state index contributed by atoms with van der Waals surface area (Å²) in [5.41, 5.74) is 2.03. The fraction of sp³-hybridized carbons (Fsp3) is 0.231. The summed E-state index contributed by atoms with van der Waals surface area (Å²) in [6.45, 7) is 4.16. The fourth-order valence-electron chi connectivity index (χ4n) is 1.85. The maximum absolute atomic E-state index is 4.45. The number of hydrogen-bond donors (Lipinski definition) is 1. The van der Waals surface area contributed by atoms with E-state index in [1.807, 2.05) is 25.3 Å². The standard InChI is InChI=1S/C13H14N4S/c1-9-5-6-12-15-13(16-17(12)8-9)14-10(2)11-4-3-7-18-11/h3-8,10H,1-2H3,(H,14,16). The van der Waals surface area contributed by atoms with Crippen LogP contribution in [0.1, 0.15) is 23.4 Å². The van der Waals surface area contributed by atoms with Crippen molar-refractivity contribution in [2.45, 2.75) is 19.9 Å². The SMILES string of the molecule is Cc1ccc2nc(NC(C)c3cccs3)nn2c1. The molecule has 3 aromatic heterocycles. The van der Waals surface area contributed by atoms with E-state index in [0.717, 1.165) is 5.65 Å². The molecular weight excluding hydrogens is 244 g/mol. The van der Waals surface area contributed by atoms with Gasteiger partial charge < -0.3 is 5.32 Å². The molecule has 1 unspecified atom stereocenters. The van der Waals surface area contributed by atoms with Crippen LogP contribution >= 0.6 is 11.3 Å². The van der Waals surface area contributed by atoms with Crippen LogP contribution in [0.15, 0.2) is 35.8 Å². The van der Waals surface area contributed by atoms with Crippen molar-refractivity contribution in [3.8, 4) is 0 Å². The Bertz CT molecular complexity index is 657. The van der Waals surface area contributed by atoms with Gasteiger partial charge in [-0.25, -0.2) is 4.52 Å². The van der Waals surface area contributed by atoms with E-state index in [0.29, 0.717) is 5.95 Å². The molecule has 0 radical (unpaired) electrons. The molecule has 3 heterocycles.